The molecule has 0 spiro atoms. The molecular formula is C12H10N5O6+. The first-order valence-electron chi connectivity index (χ1n) is 6.13. The molecule has 0 saturated carbocycles. The van der Waals surface area contributed by atoms with Gasteiger partial charge in [-0.1, -0.05) is 0 Å². The third kappa shape index (κ3) is 3.34. The lowest BCUT2D eigenvalue weighted by Crippen LogP contribution is -2.26. The van der Waals surface area contributed by atoms with E-state index in [1.807, 2.05) is 0 Å². The van der Waals surface area contributed by atoms with Crippen molar-refractivity contribution in [3.8, 4) is 0 Å². The molecule has 2 aromatic rings. The van der Waals surface area contributed by atoms with Crippen molar-refractivity contribution in [3.05, 3.63) is 67.0 Å². The zero-order valence-electron chi connectivity index (χ0n) is 11.7. The SMILES string of the molecule is C[n+]1cccc(Nc2c([N+](=O)[O-])cc([N+](=O)[O-])cc2[N+](=O)[O-])c1. The highest BCUT2D eigenvalue weighted by atomic mass is 16.6. The van der Waals surface area contributed by atoms with Gasteiger partial charge in [0.2, 0.25) is 0 Å². The lowest BCUT2D eigenvalue weighted by atomic mass is 10.2. The second-order valence-corrected chi connectivity index (χ2v) is 4.51. The van der Waals surface area contributed by atoms with Crippen molar-refractivity contribution in [2.75, 3.05) is 5.32 Å². The Balaban J connectivity index is 2.66. The van der Waals surface area contributed by atoms with Crippen LogP contribution in [0.2, 0.25) is 0 Å². The van der Waals surface area contributed by atoms with Gasteiger partial charge in [0, 0.05) is 6.07 Å². The number of non-ortho nitro benzene ring substituents is 1. The molecule has 2 rings (SSSR count). The van der Waals surface area contributed by atoms with Gasteiger partial charge in [-0.3, -0.25) is 30.3 Å². The van der Waals surface area contributed by atoms with Gasteiger partial charge >= 0.3 is 11.4 Å². The van der Waals surface area contributed by atoms with Crippen LogP contribution in [0.5, 0.6) is 0 Å². The zero-order chi connectivity index (χ0) is 17.1. The smallest absolute Gasteiger partial charge is 0.306 e. The Bertz CT molecular complexity index is 786. The molecule has 0 unspecified atom stereocenters. The predicted molar refractivity (Wildman–Crippen MR) is 77.3 cm³/mol. The van der Waals surface area contributed by atoms with E-state index in [4.69, 9.17) is 0 Å². The molecule has 1 aromatic heterocycles. The van der Waals surface area contributed by atoms with Gasteiger partial charge in [-0.25, -0.2) is 4.57 Å². The van der Waals surface area contributed by atoms with E-state index in [1.54, 1.807) is 36.1 Å². The number of hydrogen-bond acceptors (Lipinski definition) is 7. The molecular weight excluding hydrogens is 310 g/mol. The largest absolute Gasteiger partial charge is 0.339 e. The minimum Gasteiger partial charge on any atom is -0.339 e. The summed E-state index contributed by atoms with van der Waals surface area (Å²) in [5, 5.41) is 35.7. The van der Waals surface area contributed by atoms with Crippen molar-refractivity contribution in [1.82, 2.24) is 0 Å². The fourth-order valence-corrected chi connectivity index (χ4v) is 1.93. The van der Waals surface area contributed by atoms with E-state index < -0.39 is 37.5 Å². The predicted octanol–water partition coefficient (Wildman–Crippen LogP) is 1.98. The van der Waals surface area contributed by atoms with Crippen molar-refractivity contribution >= 4 is 28.4 Å². The number of aromatic nitrogens is 1. The fraction of sp³-hybridized carbons (Fsp3) is 0.0833. The van der Waals surface area contributed by atoms with Gasteiger partial charge < -0.3 is 5.32 Å². The number of nitro groups is 3. The number of hydrogen-bond donors (Lipinski definition) is 1. The maximum atomic E-state index is 11.1. The van der Waals surface area contributed by atoms with E-state index in [0.717, 1.165) is 0 Å². The molecule has 0 saturated heterocycles. The Kier molecular flexibility index (Phi) is 4.12. The summed E-state index contributed by atoms with van der Waals surface area (Å²) < 4.78 is 1.63. The second kappa shape index (κ2) is 6.01. The highest BCUT2D eigenvalue weighted by Crippen LogP contribution is 2.39. The summed E-state index contributed by atoms with van der Waals surface area (Å²) in [6, 6.07) is 4.54. The van der Waals surface area contributed by atoms with Crippen molar-refractivity contribution in [2.45, 2.75) is 0 Å². The number of nitrogens with one attached hydrogen (secondary N) is 1. The van der Waals surface area contributed by atoms with E-state index in [2.05, 4.69) is 5.32 Å². The molecule has 1 heterocycles. The van der Waals surface area contributed by atoms with Crippen LogP contribution in [0.3, 0.4) is 0 Å². The normalized spacial score (nSPS) is 10.1. The summed E-state index contributed by atoms with van der Waals surface area (Å²) >= 11 is 0. The minimum absolute atomic E-state index is 0.357. The molecule has 0 fully saturated rings. The summed E-state index contributed by atoms with van der Waals surface area (Å²) in [6.45, 7) is 0. The molecule has 0 radical (unpaired) electrons. The number of anilines is 2. The number of pyridine rings is 1. The van der Waals surface area contributed by atoms with Crippen LogP contribution in [0, 0.1) is 30.3 Å². The Morgan fingerprint density at radius 3 is 2.00 bits per heavy atom. The maximum absolute atomic E-state index is 11.1. The van der Waals surface area contributed by atoms with E-state index in [9.17, 15) is 30.3 Å². The molecule has 1 aromatic carbocycles. The third-order valence-corrected chi connectivity index (χ3v) is 2.89. The molecule has 0 aliphatic carbocycles. The van der Waals surface area contributed by atoms with Crippen molar-refractivity contribution in [2.24, 2.45) is 7.05 Å². The first-order valence-corrected chi connectivity index (χ1v) is 6.13. The van der Waals surface area contributed by atoms with Crippen LogP contribution in [0.4, 0.5) is 28.4 Å². The van der Waals surface area contributed by atoms with E-state index in [-0.39, 0.29) is 0 Å². The van der Waals surface area contributed by atoms with Gasteiger partial charge in [-0.05, 0) is 6.07 Å². The Labute approximate surface area is 128 Å². The average Bonchev–Trinajstić information content (AvgIpc) is 2.46. The van der Waals surface area contributed by atoms with Crippen molar-refractivity contribution in [3.63, 3.8) is 0 Å². The van der Waals surface area contributed by atoms with Crippen LogP contribution in [-0.4, -0.2) is 14.8 Å². The lowest BCUT2D eigenvalue weighted by molar-refractivity contribution is -0.670. The number of nitrogens with zero attached hydrogens (tertiary/aromatic N) is 4. The quantitative estimate of drug-likeness (QED) is 0.503. The summed E-state index contributed by atoms with van der Waals surface area (Å²) in [4.78, 5) is 30.3. The van der Waals surface area contributed by atoms with Crippen molar-refractivity contribution < 1.29 is 19.3 Å². The van der Waals surface area contributed by atoms with Crippen LogP contribution < -0.4 is 9.88 Å². The van der Waals surface area contributed by atoms with Crippen LogP contribution >= 0.6 is 0 Å². The Morgan fingerprint density at radius 1 is 1.00 bits per heavy atom. The average molecular weight is 320 g/mol. The van der Waals surface area contributed by atoms with Gasteiger partial charge in [0.1, 0.15) is 12.7 Å². The van der Waals surface area contributed by atoms with Crippen LogP contribution in [0.25, 0.3) is 0 Å². The molecule has 23 heavy (non-hydrogen) atoms. The molecule has 11 nitrogen and oxygen atoms in total. The van der Waals surface area contributed by atoms with E-state index >= 15 is 0 Å². The fourth-order valence-electron chi connectivity index (χ4n) is 1.93. The van der Waals surface area contributed by atoms with Crippen LogP contribution in [-0.2, 0) is 7.05 Å². The van der Waals surface area contributed by atoms with Gasteiger partial charge in [-0.15, -0.1) is 0 Å². The number of benzene rings is 1. The highest BCUT2D eigenvalue weighted by Gasteiger charge is 2.31. The maximum Gasteiger partial charge on any atom is 0.306 e. The third-order valence-electron chi connectivity index (χ3n) is 2.89. The lowest BCUT2D eigenvalue weighted by Gasteiger charge is -2.06. The van der Waals surface area contributed by atoms with Crippen LogP contribution in [0.15, 0.2) is 36.7 Å². The topological polar surface area (TPSA) is 145 Å². The molecule has 0 aliphatic heterocycles. The summed E-state index contributed by atoms with van der Waals surface area (Å²) in [6.07, 6.45) is 3.25. The minimum atomic E-state index is -0.924. The highest BCUT2D eigenvalue weighted by molar-refractivity contribution is 5.81. The number of aryl methyl sites for hydroxylation is 1. The zero-order valence-corrected chi connectivity index (χ0v) is 11.7. The van der Waals surface area contributed by atoms with Crippen molar-refractivity contribution in [1.29, 1.82) is 0 Å². The summed E-state index contributed by atoms with van der Waals surface area (Å²) in [7, 11) is 1.70. The van der Waals surface area contributed by atoms with Gasteiger partial charge in [0.05, 0.1) is 26.9 Å². The molecule has 0 amide bonds. The molecule has 0 bridgehead atoms. The molecule has 1 N–H and O–H groups in total. The molecule has 0 atom stereocenters. The Hall–Kier alpha value is -3.63. The summed E-state index contributed by atoms with van der Waals surface area (Å²) in [5.41, 5.74) is -2.30. The molecule has 0 aliphatic rings. The Morgan fingerprint density at radius 2 is 1.57 bits per heavy atom. The first-order chi connectivity index (χ1) is 10.8. The number of rotatable bonds is 5. The van der Waals surface area contributed by atoms with Crippen LogP contribution in [0.1, 0.15) is 0 Å². The van der Waals surface area contributed by atoms with E-state index in [1.165, 1.54) is 0 Å². The van der Waals surface area contributed by atoms with Gasteiger partial charge in [-0.2, -0.15) is 0 Å². The standard InChI is InChI=1S/C12H10N5O6/c1-14-4-2-3-8(7-14)13-12-10(16(20)21)5-9(15(18)19)6-11(12)17(22)23/h2-7,13H,1H3/q+1. The monoisotopic (exact) mass is 320 g/mol. The van der Waals surface area contributed by atoms with Gasteiger partial charge in [0.15, 0.2) is 18.1 Å². The van der Waals surface area contributed by atoms with E-state index in [0.29, 0.717) is 17.8 Å². The number of nitro benzene ring substituents is 3. The first kappa shape index (κ1) is 15.8. The molecule has 118 valence electrons. The second-order valence-electron chi connectivity index (χ2n) is 4.51. The summed E-state index contributed by atoms with van der Waals surface area (Å²) in [5.74, 6) is 0. The van der Waals surface area contributed by atoms with Gasteiger partial charge in [0.25, 0.3) is 5.69 Å². The molecule has 11 heteroatoms.